The van der Waals surface area contributed by atoms with E-state index in [-0.39, 0.29) is 17.4 Å². The topological polar surface area (TPSA) is 79.9 Å². The maximum absolute atomic E-state index is 13.7. The maximum Gasteiger partial charge on any atom is 0.253 e. The average Bonchev–Trinajstić information content (AvgIpc) is 3.35. The van der Waals surface area contributed by atoms with Crippen molar-refractivity contribution in [2.24, 2.45) is 0 Å². The fourth-order valence-corrected chi connectivity index (χ4v) is 3.04. The van der Waals surface area contributed by atoms with E-state index in [0.29, 0.717) is 12.5 Å². The van der Waals surface area contributed by atoms with E-state index in [9.17, 15) is 9.18 Å². The maximum atomic E-state index is 13.7. The SMILES string of the molecule is COc1ncc(C(=O)NCc2c(C3CC3)ccc3[nH]ncc23)cc1F. The van der Waals surface area contributed by atoms with Crippen LogP contribution in [-0.4, -0.2) is 28.2 Å². The molecule has 2 N–H and O–H groups in total. The number of hydrogen-bond donors (Lipinski definition) is 2. The van der Waals surface area contributed by atoms with E-state index in [1.807, 2.05) is 6.07 Å². The van der Waals surface area contributed by atoms with Gasteiger partial charge in [0, 0.05) is 18.1 Å². The van der Waals surface area contributed by atoms with Gasteiger partial charge in [0.15, 0.2) is 5.82 Å². The molecule has 0 radical (unpaired) electrons. The Kier molecular flexibility index (Phi) is 3.83. The Hall–Kier alpha value is -2.96. The lowest BCUT2D eigenvalue weighted by Gasteiger charge is -2.12. The van der Waals surface area contributed by atoms with Gasteiger partial charge >= 0.3 is 0 Å². The summed E-state index contributed by atoms with van der Waals surface area (Å²) in [6, 6.07) is 5.24. The minimum atomic E-state index is -0.661. The van der Waals surface area contributed by atoms with Gasteiger partial charge in [0.05, 0.1) is 24.4 Å². The molecular weight excluding hydrogens is 323 g/mol. The van der Waals surface area contributed by atoms with Gasteiger partial charge in [-0.05, 0) is 42.0 Å². The van der Waals surface area contributed by atoms with E-state index in [1.165, 1.54) is 18.9 Å². The number of amides is 1. The number of benzene rings is 1. The number of methoxy groups -OCH3 is 1. The molecule has 0 bridgehead atoms. The Morgan fingerprint density at radius 3 is 2.96 bits per heavy atom. The summed E-state index contributed by atoms with van der Waals surface area (Å²) in [7, 11) is 1.33. The summed E-state index contributed by atoms with van der Waals surface area (Å²) in [5.41, 5.74) is 3.40. The predicted octanol–water partition coefficient (Wildman–Crippen LogP) is 2.91. The molecule has 128 valence electrons. The van der Waals surface area contributed by atoms with E-state index in [4.69, 9.17) is 4.74 Å². The first-order valence-electron chi connectivity index (χ1n) is 8.10. The van der Waals surface area contributed by atoms with Crippen molar-refractivity contribution in [3.8, 4) is 5.88 Å². The number of nitrogens with zero attached hydrogens (tertiary/aromatic N) is 2. The van der Waals surface area contributed by atoms with Gasteiger partial charge in [0.2, 0.25) is 5.88 Å². The second-order valence-electron chi connectivity index (χ2n) is 6.14. The number of nitrogens with one attached hydrogen (secondary N) is 2. The van der Waals surface area contributed by atoms with Crippen molar-refractivity contribution in [3.63, 3.8) is 0 Å². The number of aromatic nitrogens is 3. The van der Waals surface area contributed by atoms with Gasteiger partial charge in [-0.2, -0.15) is 5.10 Å². The molecule has 0 spiro atoms. The largest absolute Gasteiger partial charge is 0.479 e. The third-order valence-corrected chi connectivity index (χ3v) is 4.48. The molecule has 4 rings (SSSR count). The molecule has 1 fully saturated rings. The summed E-state index contributed by atoms with van der Waals surface area (Å²) in [5, 5.41) is 10.9. The van der Waals surface area contributed by atoms with Gasteiger partial charge < -0.3 is 10.1 Å². The number of aromatic amines is 1. The third-order valence-electron chi connectivity index (χ3n) is 4.48. The van der Waals surface area contributed by atoms with Crippen molar-refractivity contribution in [3.05, 3.63) is 53.1 Å². The lowest BCUT2D eigenvalue weighted by atomic mass is 9.99. The Morgan fingerprint density at radius 2 is 2.24 bits per heavy atom. The molecule has 6 nitrogen and oxygen atoms in total. The van der Waals surface area contributed by atoms with Crippen LogP contribution in [-0.2, 0) is 6.54 Å². The number of halogens is 1. The van der Waals surface area contributed by atoms with Gasteiger partial charge in [0.25, 0.3) is 5.91 Å². The van der Waals surface area contributed by atoms with Crippen LogP contribution in [0.1, 0.15) is 40.2 Å². The van der Waals surface area contributed by atoms with E-state index < -0.39 is 5.82 Å². The highest BCUT2D eigenvalue weighted by Crippen LogP contribution is 2.43. The van der Waals surface area contributed by atoms with E-state index in [0.717, 1.165) is 35.4 Å². The van der Waals surface area contributed by atoms with Gasteiger partial charge in [-0.3, -0.25) is 9.89 Å². The minimum absolute atomic E-state index is 0.129. The van der Waals surface area contributed by atoms with Gasteiger partial charge in [0.1, 0.15) is 0 Å². The molecule has 1 aliphatic rings. The smallest absolute Gasteiger partial charge is 0.253 e. The molecule has 2 aromatic heterocycles. The molecule has 1 amide bonds. The lowest BCUT2D eigenvalue weighted by molar-refractivity contribution is 0.0950. The quantitative estimate of drug-likeness (QED) is 0.748. The monoisotopic (exact) mass is 340 g/mol. The van der Waals surface area contributed by atoms with E-state index >= 15 is 0 Å². The fourth-order valence-electron chi connectivity index (χ4n) is 3.04. The van der Waals surface area contributed by atoms with Crippen molar-refractivity contribution in [1.29, 1.82) is 0 Å². The molecule has 2 heterocycles. The predicted molar refractivity (Wildman–Crippen MR) is 90.0 cm³/mol. The highest BCUT2D eigenvalue weighted by atomic mass is 19.1. The zero-order valence-corrected chi connectivity index (χ0v) is 13.7. The van der Waals surface area contributed by atoms with Gasteiger partial charge in [-0.25, -0.2) is 9.37 Å². The molecule has 0 unspecified atom stereocenters. The molecule has 25 heavy (non-hydrogen) atoms. The summed E-state index contributed by atoms with van der Waals surface area (Å²) in [6.07, 6.45) is 5.41. The second-order valence-corrected chi connectivity index (χ2v) is 6.14. The number of H-pyrrole nitrogens is 1. The number of pyridine rings is 1. The van der Waals surface area contributed by atoms with Crippen molar-refractivity contribution >= 4 is 16.8 Å². The highest BCUT2D eigenvalue weighted by Gasteiger charge is 2.27. The van der Waals surface area contributed by atoms with Crippen LogP contribution in [0.15, 0.2) is 30.6 Å². The van der Waals surface area contributed by atoms with Gasteiger partial charge in [-0.1, -0.05) is 6.07 Å². The van der Waals surface area contributed by atoms with Crippen molar-refractivity contribution in [2.45, 2.75) is 25.3 Å². The zero-order chi connectivity index (χ0) is 17.4. The normalized spacial score (nSPS) is 13.8. The molecule has 3 aromatic rings. The summed E-state index contributed by atoms with van der Waals surface area (Å²) in [5.74, 6) is -0.621. The Morgan fingerprint density at radius 1 is 1.40 bits per heavy atom. The van der Waals surface area contributed by atoms with E-state index in [1.54, 1.807) is 6.20 Å². The van der Waals surface area contributed by atoms with Crippen LogP contribution >= 0.6 is 0 Å². The molecule has 0 saturated heterocycles. The van der Waals surface area contributed by atoms with Gasteiger partial charge in [-0.15, -0.1) is 0 Å². The summed E-state index contributed by atoms with van der Waals surface area (Å²) < 4.78 is 18.5. The molecule has 7 heteroatoms. The van der Waals surface area contributed by atoms with Crippen LogP contribution in [0.3, 0.4) is 0 Å². The average molecular weight is 340 g/mol. The van der Waals surface area contributed by atoms with Crippen LogP contribution in [0.5, 0.6) is 5.88 Å². The summed E-state index contributed by atoms with van der Waals surface area (Å²) >= 11 is 0. The molecule has 1 aliphatic carbocycles. The standard InChI is InChI=1S/C18H17FN4O2/c1-25-18-15(19)6-11(7-21-18)17(24)20-8-13-12(10-2-3-10)4-5-16-14(13)9-22-23-16/h4-7,9-10H,2-3,8H2,1H3,(H,20,24)(H,22,23). The zero-order valence-electron chi connectivity index (χ0n) is 13.7. The van der Waals surface area contributed by atoms with Crippen molar-refractivity contribution in [2.75, 3.05) is 7.11 Å². The molecule has 0 atom stereocenters. The van der Waals surface area contributed by atoms with Crippen LogP contribution < -0.4 is 10.1 Å². The molecule has 0 aliphatic heterocycles. The number of carbonyl (C=O) groups excluding carboxylic acids is 1. The summed E-state index contributed by atoms with van der Waals surface area (Å²) in [6.45, 7) is 0.356. The number of hydrogen-bond acceptors (Lipinski definition) is 4. The molecular formula is C18H17FN4O2. The lowest BCUT2D eigenvalue weighted by Crippen LogP contribution is -2.24. The van der Waals surface area contributed by atoms with Crippen LogP contribution in [0, 0.1) is 5.82 Å². The Balaban J connectivity index is 1.57. The summed E-state index contributed by atoms with van der Waals surface area (Å²) in [4.78, 5) is 16.2. The second kappa shape index (κ2) is 6.16. The first kappa shape index (κ1) is 15.6. The van der Waals surface area contributed by atoms with Crippen LogP contribution in [0.2, 0.25) is 0 Å². The van der Waals surface area contributed by atoms with Crippen molar-refractivity contribution < 1.29 is 13.9 Å². The Bertz CT molecular complexity index is 949. The van der Waals surface area contributed by atoms with E-state index in [2.05, 4.69) is 26.6 Å². The first-order chi connectivity index (χ1) is 12.2. The van der Waals surface area contributed by atoms with Crippen LogP contribution in [0.4, 0.5) is 4.39 Å². The molecule has 1 aromatic carbocycles. The third kappa shape index (κ3) is 2.93. The van der Waals surface area contributed by atoms with Crippen molar-refractivity contribution in [1.82, 2.24) is 20.5 Å². The Labute approximate surface area is 143 Å². The number of ether oxygens (including phenoxy) is 1. The number of rotatable bonds is 5. The minimum Gasteiger partial charge on any atom is -0.479 e. The number of fused-ring (bicyclic) bond motifs is 1. The number of carbonyl (C=O) groups is 1. The fraction of sp³-hybridized carbons (Fsp3) is 0.278. The molecule has 1 saturated carbocycles. The van der Waals surface area contributed by atoms with Crippen LogP contribution in [0.25, 0.3) is 10.9 Å². The highest BCUT2D eigenvalue weighted by molar-refractivity contribution is 5.94. The first-order valence-corrected chi connectivity index (χ1v) is 8.10.